The van der Waals surface area contributed by atoms with Crippen molar-refractivity contribution < 1.29 is 5.11 Å². The van der Waals surface area contributed by atoms with Gasteiger partial charge in [0, 0.05) is 16.5 Å². The van der Waals surface area contributed by atoms with E-state index in [-0.39, 0.29) is 5.75 Å². The lowest BCUT2D eigenvalue weighted by Gasteiger charge is -2.04. The molecule has 0 bridgehead atoms. The van der Waals surface area contributed by atoms with Gasteiger partial charge in [-0.1, -0.05) is 36.4 Å². The van der Waals surface area contributed by atoms with Crippen molar-refractivity contribution in [3.63, 3.8) is 0 Å². The van der Waals surface area contributed by atoms with Gasteiger partial charge in [-0.05, 0) is 24.3 Å². The Hall–Kier alpha value is -2.88. The third-order valence-electron chi connectivity index (χ3n) is 3.08. The monoisotopic (exact) mass is 263 g/mol. The van der Waals surface area contributed by atoms with Crippen LogP contribution in [-0.2, 0) is 0 Å². The lowest BCUT2D eigenvalue weighted by atomic mass is 10.1. The quantitative estimate of drug-likeness (QED) is 0.526. The molecule has 0 aliphatic heterocycles. The maximum atomic E-state index is 9.67. The molecule has 0 aromatic heterocycles. The van der Waals surface area contributed by atoms with E-state index in [9.17, 15) is 5.11 Å². The third kappa shape index (κ3) is 2.19. The van der Waals surface area contributed by atoms with E-state index >= 15 is 0 Å². The largest absolute Gasteiger partial charge is 0.506 e. The Morgan fingerprint density at radius 2 is 1.35 bits per heavy atom. The van der Waals surface area contributed by atoms with Crippen molar-refractivity contribution in [2.24, 2.45) is 10.2 Å². The molecule has 0 unspecified atom stereocenters. The average Bonchev–Trinajstić information content (AvgIpc) is 2.48. The number of hydrogen-bond acceptors (Lipinski definition) is 4. The van der Waals surface area contributed by atoms with Gasteiger partial charge in [-0.15, -0.1) is 10.2 Å². The minimum Gasteiger partial charge on any atom is -0.506 e. The molecule has 98 valence electrons. The Morgan fingerprint density at radius 1 is 0.700 bits per heavy atom. The molecule has 0 heterocycles. The zero-order chi connectivity index (χ0) is 13.9. The number of rotatable bonds is 2. The number of phenolic OH excluding ortho intramolecular Hbond substituents is 1. The number of nitrogens with zero attached hydrogens (tertiary/aromatic N) is 2. The van der Waals surface area contributed by atoms with Crippen LogP contribution in [0.3, 0.4) is 0 Å². The van der Waals surface area contributed by atoms with E-state index in [1.807, 2.05) is 36.4 Å². The van der Waals surface area contributed by atoms with Crippen LogP contribution in [0.2, 0.25) is 0 Å². The van der Waals surface area contributed by atoms with Gasteiger partial charge in [0.15, 0.2) is 0 Å². The van der Waals surface area contributed by atoms with E-state index in [1.54, 1.807) is 24.3 Å². The normalized spacial score (nSPS) is 11.2. The molecule has 4 heteroatoms. The Labute approximate surface area is 116 Å². The van der Waals surface area contributed by atoms with Gasteiger partial charge in [0.1, 0.15) is 11.4 Å². The fourth-order valence-corrected chi connectivity index (χ4v) is 2.05. The van der Waals surface area contributed by atoms with Gasteiger partial charge in [-0.25, -0.2) is 0 Å². The van der Waals surface area contributed by atoms with Crippen LogP contribution in [0.15, 0.2) is 70.9 Å². The van der Waals surface area contributed by atoms with Gasteiger partial charge in [-0.3, -0.25) is 0 Å². The average molecular weight is 263 g/mol. The summed E-state index contributed by atoms with van der Waals surface area (Å²) in [6, 6.07) is 18.2. The van der Waals surface area contributed by atoms with E-state index in [2.05, 4.69) is 10.2 Å². The second-order valence-electron chi connectivity index (χ2n) is 4.41. The molecule has 0 radical (unpaired) electrons. The number of azo groups is 1. The topological polar surface area (TPSA) is 71.0 Å². The maximum absolute atomic E-state index is 9.67. The summed E-state index contributed by atoms with van der Waals surface area (Å²) >= 11 is 0. The van der Waals surface area contributed by atoms with Crippen molar-refractivity contribution >= 4 is 27.8 Å². The summed E-state index contributed by atoms with van der Waals surface area (Å²) in [5.41, 5.74) is 7.81. The molecular weight excluding hydrogens is 250 g/mol. The molecule has 0 aliphatic rings. The predicted molar refractivity (Wildman–Crippen MR) is 80.6 cm³/mol. The molecule has 0 amide bonds. The van der Waals surface area contributed by atoms with Crippen LogP contribution in [0.1, 0.15) is 0 Å². The van der Waals surface area contributed by atoms with Crippen molar-refractivity contribution in [3.05, 3.63) is 60.7 Å². The molecule has 0 spiro atoms. The Balaban J connectivity index is 2.08. The molecule has 3 rings (SSSR count). The van der Waals surface area contributed by atoms with Gasteiger partial charge in [-0.2, -0.15) is 0 Å². The first-order valence-corrected chi connectivity index (χ1v) is 6.22. The highest BCUT2D eigenvalue weighted by atomic mass is 16.3. The minimum absolute atomic E-state index is 0.107. The maximum Gasteiger partial charge on any atom is 0.143 e. The zero-order valence-corrected chi connectivity index (χ0v) is 10.7. The van der Waals surface area contributed by atoms with E-state index < -0.39 is 0 Å². The van der Waals surface area contributed by atoms with Gasteiger partial charge >= 0.3 is 0 Å². The van der Waals surface area contributed by atoms with Crippen molar-refractivity contribution in [2.75, 3.05) is 5.73 Å². The molecule has 3 N–H and O–H groups in total. The van der Waals surface area contributed by atoms with Crippen LogP contribution < -0.4 is 5.73 Å². The number of anilines is 1. The van der Waals surface area contributed by atoms with Crippen LogP contribution in [0.25, 0.3) is 10.8 Å². The predicted octanol–water partition coefficient (Wildman–Crippen LogP) is 4.54. The summed E-state index contributed by atoms with van der Waals surface area (Å²) in [6.45, 7) is 0. The summed E-state index contributed by atoms with van der Waals surface area (Å²) in [5.74, 6) is 0.107. The number of nitrogens with two attached hydrogens (primary N) is 1. The molecule has 3 aromatic carbocycles. The Morgan fingerprint density at radius 3 is 2.15 bits per heavy atom. The second-order valence-corrected chi connectivity index (χ2v) is 4.41. The number of fused-ring (bicyclic) bond motifs is 1. The van der Waals surface area contributed by atoms with Gasteiger partial charge in [0.2, 0.25) is 0 Å². The summed E-state index contributed by atoms with van der Waals surface area (Å²) < 4.78 is 0. The van der Waals surface area contributed by atoms with Crippen LogP contribution in [-0.4, -0.2) is 5.11 Å². The highest BCUT2D eigenvalue weighted by Crippen LogP contribution is 2.32. The summed E-state index contributed by atoms with van der Waals surface area (Å²) in [7, 11) is 0. The highest BCUT2D eigenvalue weighted by Gasteiger charge is 2.03. The summed E-state index contributed by atoms with van der Waals surface area (Å²) in [4.78, 5) is 0. The highest BCUT2D eigenvalue weighted by molar-refractivity contribution is 5.99. The minimum atomic E-state index is 0.107. The number of aromatic hydroxyl groups is 1. The molecule has 0 fully saturated rings. The van der Waals surface area contributed by atoms with E-state index in [1.165, 1.54) is 0 Å². The number of benzene rings is 3. The van der Waals surface area contributed by atoms with Gasteiger partial charge in [0.25, 0.3) is 0 Å². The summed E-state index contributed by atoms with van der Waals surface area (Å²) in [5, 5.41) is 19.9. The van der Waals surface area contributed by atoms with Gasteiger partial charge < -0.3 is 10.8 Å². The molecule has 0 saturated heterocycles. The molecule has 4 nitrogen and oxygen atoms in total. The standard InChI is InChI=1S/C16H13N3O/c17-13-9-10-14(12-6-2-1-5-11(12)13)18-19-15-7-3-4-8-16(15)20/h1-10,20H,17H2. The number of para-hydroxylation sites is 1. The molecule has 0 saturated carbocycles. The SMILES string of the molecule is Nc1ccc(N=Nc2ccccc2O)c2ccccc12. The van der Waals surface area contributed by atoms with Crippen molar-refractivity contribution in [1.29, 1.82) is 0 Å². The summed E-state index contributed by atoms with van der Waals surface area (Å²) in [6.07, 6.45) is 0. The van der Waals surface area contributed by atoms with E-state index in [0.717, 1.165) is 16.5 Å². The first-order valence-electron chi connectivity index (χ1n) is 6.22. The molecule has 3 aromatic rings. The van der Waals surface area contributed by atoms with Crippen molar-refractivity contribution in [1.82, 2.24) is 0 Å². The van der Waals surface area contributed by atoms with Crippen LogP contribution in [0.4, 0.5) is 17.1 Å². The fourth-order valence-electron chi connectivity index (χ4n) is 2.05. The van der Waals surface area contributed by atoms with Crippen LogP contribution >= 0.6 is 0 Å². The molecule has 20 heavy (non-hydrogen) atoms. The van der Waals surface area contributed by atoms with Crippen LogP contribution in [0.5, 0.6) is 5.75 Å². The fraction of sp³-hybridized carbons (Fsp3) is 0. The Bertz CT molecular complexity index is 797. The Kier molecular flexibility index (Phi) is 3.05. The number of nitrogen functional groups attached to an aromatic ring is 1. The van der Waals surface area contributed by atoms with Crippen molar-refractivity contribution in [3.8, 4) is 5.75 Å². The van der Waals surface area contributed by atoms with Gasteiger partial charge in [0.05, 0.1) is 5.69 Å². The number of phenols is 1. The van der Waals surface area contributed by atoms with E-state index in [0.29, 0.717) is 11.4 Å². The lowest BCUT2D eigenvalue weighted by molar-refractivity contribution is 0.476. The molecule has 0 atom stereocenters. The smallest absolute Gasteiger partial charge is 0.143 e. The van der Waals surface area contributed by atoms with Crippen molar-refractivity contribution in [2.45, 2.75) is 0 Å². The van der Waals surface area contributed by atoms with E-state index in [4.69, 9.17) is 5.73 Å². The lowest BCUT2D eigenvalue weighted by Crippen LogP contribution is -1.86. The zero-order valence-electron chi connectivity index (χ0n) is 10.7. The first kappa shape index (κ1) is 12.2. The third-order valence-corrected chi connectivity index (χ3v) is 3.08. The molecule has 0 aliphatic carbocycles. The second kappa shape index (κ2) is 5.01. The number of hydrogen-bond donors (Lipinski definition) is 2. The molecular formula is C16H13N3O. The first-order chi connectivity index (χ1) is 9.75. The van der Waals surface area contributed by atoms with Crippen LogP contribution in [0, 0.1) is 0 Å².